The van der Waals surface area contributed by atoms with Gasteiger partial charge in [0.25, 0.3) is 0 Å². The predicted octanol–water partition coefficient (Wildman–Crippen LogP) is 3.64. The lowest BCUT2D eigenvalue weighted by molar-refractivity contribution is -0.123. The molecule has 0 spiro atoms. The SMILES string of the molecule is Cl.NCC1CCCCC1NC(=O)C1CC1c1c(F)cccc1Cl. The average Bonchev–Trinajstić information content (AvgIpc) is 3.28. The van der Waals surface area contributed by atoms with Crippen LogP contribution in [0.4, 0.5) is 4.39 Å². The van der Waals surface area contributed by atoms with E-state index >= 15 is 0 Å². The van der Waals surface area contributed by atoms with Crippen molar-refractivity contribution in [1.29, 1.82) is 0 Å². The molecule has 1 aromatic rings. The highest BCUT2D eigenvalue weighted by Crippen LogP contribution is 2.50. The van der Waals surface area contributed by atoms with E-state index in [1.807, 2.05) is 0 Å². The molecular weight excluding hydrogens is 338 g/mol. The second-order valence-electron chi connectivity index (χ2n) is 6.48. The molecule has 4 unspecified atom stereocenters. The quantitative estimate of drug-likeness (QED) is 0.860. The first-order valence-electron chi connectivity index (χ1n) is 8.06. The Kier molecular flexibility index (Phi) is 6.29. The van der Waals surface area contributed by atoms with E-state index in [1.54, 1.807) is 12.1 Å². The number of rotatable bonds is 4. The van der Waals surface area contributed by atoms with Gasteiger partial charge in [-0.3, -0.25) is 4.79 Å². The highest BCUT2D eigenvalue weighted by Gasteiger charge is 2.46. The number of amides is 1. The Bertz CT molecular complexity index is 549. The van der Waals surface area contributed by atoms with Crippen molar-refractivity contribution in [2.24, 2.45) is 17.6 Å². The second-order valence-corrected chi connectivity index (χ2v) is 6.89. The number of carbonyl (C=O) groups is 1. The van der Waals surface area contributed by atoms with Crippen LogP contribution in [0.1, 0.15) is 43.6 Å². The summed E-state index contributed by atoms with van der Waals surface area (Å²) in [6.07, 6.45) is 5.06. The topological polar surface area (TPSA) is 55.1 Å². The Hall–Kier alpha value is -0.840. The van der Waals surface area contributed by atoms with Gasteiger partial charge in [0, 0.05) is 28.5 Å². The fourth-order valence-electron chi connectivity index (χ4n) is 3.64. The largest absolute Gasteiger partial charge is 0.353 e. The minimum atomic E-state index is -0.315. The summed E-state index contributed by atoms with van der Waals surface area (Å²) in [5.41, 5.74) is 6.29. The Morgan fingerprint density at radius 3 is 2.78 bits per heavy atom. The van der Waals surface area contributed by atoms with Crippen molar-refractivity contribution in [2.45, 2.75) is 44.1 Å². The van der Waals surface area contributed by atoms with Crippen LogP contribution in [0.15, 0.2) is 18.2 Å². The zero-order valence-corrected chi connectivity index (χ0v) is 14.5. The van der Waals surface area contributed by atoms with Crippen LogP contribution < -0.4 is 11.1 Å². The maximum absolute atomic E-state index is 13.9. The van der Waals surface area contributed by atoms with Crippen LogP contribution in [0.2, 0.25) is 5.02 Å². The van der Waals surface area contributed by atoms with Crippen LogP contribution in [0.3, 0.4) is 0 Å². The number of carbonyl (C=O) groups excluding carboxylic acids is 1. The monoisotopic (exact) mass is 360 g/mol. The number of hydrogen-bond acceptors (Lipinski definition) is 2. The number of nitrogens with one attached hydrogen (secondary N) is 1. The molecule has 3 N–H and O–H groups in total. The second kappa shape index (κ2) is 7.82. The maximum atomic E-state index is 13.9. The Balaban J connectivity index is 0.00000192. The third-order valence-electron chi connectivity index (χ3n) is 5.04. The minimum absolute atomic E-state index is 0. The van der Waals surface area contributed by atoms with Gasteiger partial charge in [0.05, 0.1) is 0 Å². The molecule has 0 heterocycles. The van der Waals surface area contributed by atoms with Crippen molar-refractivity contribution < 1.29 is 9.18 Å². The summed E-state index contributed by atoms with van der Waals surface area (Å²) < 4.78 is 13.9. The molecule has 23 heavy (non-hydrogen) atoms. The van der Waals surface area contributed by atoms with E-state index < -0.39 is 0 Å². The van der Waals surface area contributed by atoms with E-state index in [4.69, 9.17) is 17.3 Å². The summed E-state index contributed by atoms with van der Waals surface area (Å²) in [5.74, 6) is -0.171. The Morgan fingerprint density at radius 2 is 2.09 bits per heavy atom. The lowest BCUT2D eigenvalue weighted by Gasteiger charge is -2.31. The van der Waals surface area contributed by atoms with Crippen molar-refractivity contribution in [1.82, 2.24) is 5.32 Å². The molecule has 2 saturated carbocycles. The van der Waals surface area contributed by atoms with Gasteiger partial charge in [-0.2, -0.15) is 0 Å². The van der Waals surface area contributed by atoms with Crippen molar-refractivity contribution in [3.63, 3.8) is 0 Å². The van der Waals surface area contributed by atoms with E-state index in [1.165, 1.54) is 12.5 Å². The molecule has 128 valence electrons. The van der Waals surface area contributed by atoms with Crippen LogP contribution >= 0.6 is 24.0 Å². The van der Waals surface area contributed by atoms with Crippen molar-refractivity contribution in [2.75, 3.05) is 6.54 Å². The van der Waals surface area contributed by atoms with Gasteiger partial charge in [-0.1, -0.05) is 30.5 Å². The van der Waals surface area contributed by atoms with E-state index in [0.29, 0.717) is 29.5 Å². The summed E-state index contributed by atoms with van der Waals surface area (Å²) in [5, 5.41) is 3.55. The molecule has 0 bridgehead atoms. The first-order chi connectivity index (χ1) is 10.6. The lowest BCUT2D eigenvalue weighted by Crippen LogP contribution is -2.45. The molecule has 6 heteroatoms. The molecule has 3 nitrogen and oxygen atoms in total. The van der Waals surface area contributed by atoms with E-state index in [-0.39, 0.29) is 42.0 Å². The van der Waals surface area contributed by atoms with E-state index in [9.17, 15) is 9.18 Å². The molecular formula is C17H23Cl2FN2O. The molecule has 3 rings (SSSR count). The molecule has 2 fully saturated rings. The molecule has 2 aliphatic carbocycles. The third kappa shape index (κ3) is 3.98. The van der Waals surface area contributed by atoms with Gasteiger partial charge >= 0.3 is 0 Å². The molecule has 0 aliphatic heterocycles. The summed E-state index contributed by atoms with van der Waals surface area (Å²) in [6, 6.07) is 4.84. The average molecular weight is 361 g/mol. The molecule has 1 aromatic carbocycles. The van der Waals surface area contributed by atoms with E-state index in [2.05, 4.69) is 5.32 Å². The van der Waals surface area contributed by atoms with E-state index in [0.717, 1.165) is 19.3 Å². The van der Waals surface area contributed by atoms with Crippen molar-refractivity contribution in [3.8, 4) is 0 Å². The summed E-state index contributed by atoms with van der Waals surface area (Å²) in [6.45, 7) is 0.609. The number of nitrogens with two attached hydrogens (primary N) is 1. The summed E-state index contributed by atoms with van der Waals surface area (Å²) >= 11 is 6.08. The fraction of sp³-hybridized carbons (Fsp3) is 0.588. The van der Waals surface area contributed by atoms with Gasteiger partial charge < -0.3 is 11.1 Å². The van der Waals surface area contributed by atoms with Gasteiger partial charge in [-0.15, -0.1) is 12.4 Å². The zero-order valence-electron chi connectivity index (χ0n) is 12.9. The van der Waals surface area contributed by atoms with Gasteiger partial charge in [0.1, 0.15) is 5.82 Å². The van der Waals surface area contributed by atoms with Crippen LogP contribution in [-0.4, -0.2) is 18.5 Å². The standard InChI is InChI=1S/C17H22ClFN2O.ClH/c18-13-5-3-6-14(19)16(13)11-8-12(11)17(22)21-15-7-2-1-4-10(15)9-20;/h3,5-6,10-12,15H,1-2,4,7-9,20H2,(H,21,22);1H. The maximum Gasteiger partial charge on any atom is 0.223 e. The van der Waals surface area contributed by atoms with Crippen molar-refractivity contribution >= 4 is 29.9 Å². The van der Waals surface area contributed by atoms with Gasteiger partial charge in [-0.25, -0.2) is 4.39 Å². The van der Waals surface area contributed by atoms with Crippen LogP contribution in [0, 0.1) is 17.7 Å². The minimum Gasteiger partial charge on any atom is -0.353 e. The molecule has 0 aromatic heterocycles. The first-order valence-corrected chi connectivity index (χ1v) is 8.44. The van der Waals surface area contributed by atoms with Crippen LogP contribution in [0.25, 0.3) is 0 Å². The zero-order chi connectivity index (χ0) is 15.7. The normalized spacial score (nSPS) is 29.5. The predicted molar refractivity (Wildman–Crippen MR) is 92.4 cm³/mol. The Morgan fingerprint density at radius 1 is 1.35 bits per heavy atom. The summed E-state index contributed by atoms with van der Waals surface area (Å²) in [7, 11) is 0. The van der Waals surface area contributed by atoms with Crippen molar-refractivity contribution in [3.05, 3.63) is 34.6 Å². The number of hydrogen-bond donors (Lipinski definition) is 2. The summed E-state index contributed by atoms with van der Waals surface area (Å²) in [4.78, 5) is 12.4. The van der Waals surface area contributed by atoms with Gasteiger partial charge in [0.2, 0.25) is 5.91 Å². The molecule has 0 saturated heterocycles. The van der Waals surface area contributed by atoms with Gasteiger partial charge in [-0.05, 0) is 43.9 Å². The van der Waals surface area contributed by atoms with Gasteiger partial charge in [0.15, 0.2) is 0 Å². The molecule has 4 atom stereocenters. The smallest absolute Gasteiger partial charge is 0.223 e. The highest BCUT2D eigenvalue weighted by molar-refractivity contribution is 6.31. The third-order valence-corrected chi connectivity index (χ3v) is 5.37. The molecule has 1 amide bonds. The Labute approximate surface area is 147 Å². The lowest BCUT2D eigenvalue weighted by atomic mass is 9.84. The first kappa shape index (κ1) is 18.5. The number of halogens is 3. The highest BCUT2D eigenvalue weighted by atomic mass is 35.5. The molecule has 0 radical (unpaired) electrons. The number of benzene rings is 1. The molecule has 2 aliphatic rings. The van der Waals surface area contributed by atoms with Crippen LogP contribution in [0.5, 0.6) is 0 Å². The van der Waals surface area contributed by atoms with Crippen LogP contribution in [-0.2, 0) is 4.79 Å². The fourth-order valence-corrected chi connectivity index (χ4v) is 3.94.